The lowest BCUT2D eigenvalue weighted by atomic mass is 9.93. The van der Waals surface area contributed by atoms with Crippen LogP contribution >= 0.6 is 0 Å². The number of aryl methyl sites for hydroxylation is 2. The van der Waals surface area contributed by atoms with Crippen LogP contribution in [0.3, 0.4) is 0 Å². The molecule has 6 rings (SSSR count). The van der Waals surface area contributed by atoms with Crippen molar-refractivity contribution in [2.75, 3.05) is 27.2 Å². The summed E-state index contributed by atoms with van der Waals surface area (Å²) in [6, 6.07) is 10.1. The van der Waals surface area contributed by atoms with Gasteiger partial charge >= 0.3 is 6.09 Å². The fourth-order valence-corrected chi connectivity index (χ4v) is 5.89. The molecule has 0 bridgehead atoms. The number of halogens is 1. The quantitative estimate of drug-likeness (QED) is 0.476. The molecule has 1 aromatic heterocycles. The molecule has 2 aliphatic heterocycles. The van der Waals surface area contributed by atoms with Gasteiger partial charge < -0.3 is 14.5 Å². The van der Waals surface area contributed by atoms with E-state index in [-0.39, 0.29) is 24.2 Å². The zero-order chi connectivity index (χ0) is 28.9. The smallest absolute Gasteiger partial charge is 0.418 e. The molecular weight excluding hydrogens is 529 g/mol. The topological polar surface area (TPSA) is 105 Å². The van der Waals surface area contributed by atoms with Gasteiger partial charge in [-0.05, 0) is 53.6 Å². The largest absolute Gasteiger partial charge is 0.427 e. The number of ether oxygens (including phenoxy) is 1. The summed E-state index contributed by atoms with van der Waals surface area (Å²) in [5.41, 5.74) is 3.47. The van der Waals surface area contributed by atoms with E-state index < -0.39 is 24.1 Å². The zero-order valence-electron chi connectivity index (χ0n) is 22.9. The highest BCUT2D eigenvalue weighted by molar-refractivity contribution is 6.06. The molecule has 0 radical (unpaired) electrons. The number of amides is 4. The van der Waals surface area contributed by atoms with E-state index in [1.54, 1.807) is 48.2 Å². The van der Waals surface area contributed by atoms with Gasteiger partial charge in [0.05, 0.1) is 6.20 Å². The summed E-state index contributed by atoms with van der Waals surface area (Å²) in [4.78, 5) is 55.9. The highest BCUT2D eigenvalue weighted by Crippen LogP contribution is 2.46. The van der Waals surface area contributed by atoms with E-state index in [2.05, 4.69) is 5.10 Å². The minimum Gasteiger partial charge on any atom is -0.427 e. The van der Waals surface area contributed by atoms with Crippen LogP contribution < -0.4 is 0 Å². The summed E-state index contributed by atoms with van der Waals surface area (Å²) in [7, 11) is 3.38. The molecule has 0 saturated carbocycles. The van der Waals surface area contributed by atoms with E-state index in [4.69, 9.17) is 4.74 Å². The first-order chi connectivity index (χ1) is 19.6. The second kappa shape index (κ2) is 10.1. The molecule has 1 spiro atoms. The van der Waals surface area contributed by atoms with Crippen LogP contribution in [0.15, 0.2) is 48.8 Å². The van der Waals surface area contributed by atoms with Crippen LogP contribution in [-0.4, -0.2) is 75.5 Å². The molecular formula is C30H30FN5O5. The van der Waals surface area contributed by atoms with Crippen molar-refractivity contribution in [1.29, 1.82) is 0 Å². The predicted molar refractivity (Wildman–Crippen MR) is 145 cm³/mol. The van der Waals surface area contributed by atoms with Gasteiger partial charge in [0.1, 0.15) is 18.9 Å². The van der Waals surface area contributed by atoms with Crippen molar-refractivity contribution >= 4 is 23.8 Å². The molecule has 1 fully saturated rings. The van der Waals surface area contributed by atoms with Crippen LogP contribution in [0.5, 0.6) is 0 Å². The fourth-order valence-electron chi connectivity index (χ4n) is 5.89. The number of imide groups is 1. The number of carbonyl (C=O) groups is 4. The molecule has 212 valence electrons. The van der Waals surface area contributed by atoms with Gasteiger partial charge in [0.25, 0.3) is 5.91 Å². The molecule has 3 aliphatic rings. The van der Waals surface area contributed by atoms with Crippen LogP contribution in [0.4, 0.5) is 9.18 Å². The first-order valence-electron chi connectivity index (χ1n) is 13.6. The third kappa shape index (κ3) is 4.75. The molecule has 2 aromatic carbocycles. The van der Waals surface area contributed by atoms with Gasteiger partial charge in [0, 0.05) is 50.9 Å². The van der Waals surface area contributed by atoms with Gasteiger partial charge in [0.15, 0.2) is 0 Å². The number of fused-ring (bicyclic) bond motifs is 3. The maximum atomic E-state index is 13.7. The minimum absolute atomic E-state index is 0.0730. The Morgan fingerprint density at radius 3 is 2.66 bits per heavy atom. The van der Waals surface area contributed by atoms with Crippen molar-refractivity contribution in [3.05, 3.63) is 76.9 Å². The molecule has 4 amide bonds. The van der Waals surface area contributed by atoms with Gasteiger partial charge in [-0.15, -0.1) is 0 Å². The Bertz CT molecular complexity index is 1580. The minimum atomic E-state index is -1.45. The molecule has 1 unspecified atom stereocenters. The normalized spacial score (nSPS) is 19.7. The van der Waals surface area contributed by atoms with Crippen LogP contribution in [0.25, 0.3) is 11.1 Å². The average molecular weight is 560 g/mol. The summed E-state index contributed by atoms with van der Waals surface area (Å²) < 4.78 is 21.0. The van der Waals surface area contributed by atoms with Crippen LogP contribution in [0.1, 0.15) is 35.1 Å². The first kappa shape index (κ1) is 26.7. The summed E-state index contributed by atoms with van der Waals surface area (Å²) in [5.74, 6) is -1.27. The summed E-state index contributed by atoms with van der Waals surface area (Å²) in [5, 5.41) is 4.29. The van der Waals surface area contributed by atoms with Gasteiger partial charge in [-0.3, -0.25) is 19.1 Å². The van der Waals surface area contributed by atoms with Gasteiger partial charge in [0.2, 0.25) is 17.4 Å². The summed E-state index contributed by atoms with van der Waals surface area (Å²) in [6.07, 6.45) is 4.77. The maximum absolute atomic E-state index is 13.7. The highest BCUT2D eigenvalue weighted by Gasteiger charge is 2.58. The molecule has 10 nitrogen and oxygen atoms in total. The lowest BCUT2D eigenvalue weighted by molar-refractivity contribution is -0.142. The number of hydrogen-bond acceptors (Lipinski definition) is 6. The molecule has 1 atom stereocenters. The number of likely N-dealkylation sites (N-methyl/N-ethyl adjacent to an activating group) is 1. The maximum Gasteiger partial charge on any atom is 0.418 e. The molecule has 0 N–H and O–H groups in total. The lowest BCUT2D eigenvalue weighted by Crippen LogP contribution is -2.44. The van der Waals surface area contributed by atoms with Gasteiger partial charge in [-0.1, -0.05) is 24.3 Å². The Kier molecular flexibility index (Phi) is 6.59. The second-order valence-corrected chi connectivity index (χ2v) is 11.0. The van der Waals surface area contributed by atoms with E-state index in [1.165, 1.54) is 17.0 Å². The van der Waals surface area contributed by atoms with Crippen molar-refractivity contribution < 1.29 is 28.3 Å². The number of aromatic nitrogens is 2. The van der Waals surface area contributed by atoms with E-state index in [0.717, 1.165) is 32.7 Å². The fraction of sp³-hybridized carbons (Fsp3) is 0.367. The monoisotopic (exact) mass is 559 g/mol. The van der Waals surface area contributed by atoms with E-state index in [9.17, 15) is 23.6 Å². The molecule has 41 heavy (non-hydrogen) atoms. The van der Waals surface area contributed by atoms with Crippen molar-refractivity contribution in [3.8, 4) is 11.1 Å². The average Bonchev–Trinajstić information content (AvgIpc) is 3.57. The lowest BCUT2D eigenvalue weighted by Gasteiger charge is -2.23. The molecule has 1 saturated heterocycles. The Balaban J connectivity index is 1.18. The SMILES string of the molecule is CN(C)C(=O)Cn1cc(-c2ccc3c(c2)CCC32OC(=O)N(CC(=O)N3CCCc4cc(F)ccc4C3)C2=O)cn1. The number of nitrogens with zero attached hydrogens (tertiary/aromatic N) is 5. The highest BCUT2D eigenvalue weighted by atomic mass is 19.1. The van der Waals surface area contributed by atoms with E-state index in [0.29, 0.717) is 44.3 Å². The Morgan fingerprint density at radius 1 is 1.02 bits per heavy atom. The van der Waals surface area contributed by atoms with Crippen molar-refractivity contribution in [2.24, 2.45) is 0 Å². The summed E-state index contributed by atoms with van der Waals surface area (Å²) in [6.45, 7) is 0.460. The Hall–Kier alpha value is -4.54. The number of benzene rings is 2. The molecule has 3 aromatic rings. The zero-order valence-corrected chi connectivity index (χ0v) is 22.9. The van der Waals surface area contributed by atoms with Gasteiger partial charge in [-0.25, -0.2) is 14.1 Å². The van der Waals surface area contributed by atoms with Crippen molar-refractivity contribution in [1.82, 2.24) is 24.5 Å². The van der Waals surface area contributed by atoms with Crippen molar-refractivity contribution in [3.63, 3.8) is 0 Å². The second-order valence-electron chi connectivity index (χ2n) is 11.0. The van der Waals surface area contributed by atoms with E-state index >= 15 is 0 Å². The number of carbonyl (C=O) groups excluding carboxylic acids is 4. The standard InChI is InChI=1S/C30H30FN5O5/c1-33(2)26(37)17-35-16-23(14-32-35)20-6-8-25-21(12-20)9-10-30(25)28(39)36(29(40)41-30)18-27(38)34-11-3-4-19-13-24(31)7-5-22(19)15-34/h5-8,12-14,16H,3-4,9-11,15,17-18H2,1-2H3. The van der Waals surface area contributed by atoms with Crippen LogP contribution in [-0.2, 0) is 50.7 Å². The summed E-state index contributed by atoms with van der Waals surface area (Å²) >= 11 is 0. The molecule has 1 aliphatic carbocycles. The Labute approximate surface area is 236 Å². The predicted octanol–water partition coefficient (Wildman–Crippen LogP) is 2.87. The Morgan fingerprint density at radius 2 is 1.85 bits per heavy atom. The van der Waals surface area contributed by atoms with Crippen LogP contribution in [0.2, 0.25) is 0 Å². The van der Waals surface area contributed by atoms with Crippen LogP contribution in [0, 0.1) is 5.82 Å². The third-order valence-corrected chi connectivity index (χ3v) is 8.17. The number of hydrogen-bond donors (Lipinski definition) is 0. The molecule has 11 heteroatoms. The number of rotatable bonds is 5. The van der Waals surface area contributed by atoms with Crippen molar-refractivity contribution in [2.45, 2.75) is 44.4 Å². The molecule has 3 heterocycles. The first-order valence-corrected chi connectivity index (χ1v) is 13.6. The van der Waals surface area contributed by atoms with Gasteiger partial charge in [-0.2, -0.15) is 5.10 Å². The third-order valence-electron chi connectivity index (χ3n) is 8.17. The van der Waals surface area contributed by atoms with E-state index in [1.807, 2.05) is 12.1 Å².